The molecular formula is C28H27FN6O. The summed E-state index contributed by atoms with van der Waals surface area (Å²) in [7, 11) is 0. The van der Waals surface area contributed by atoms with Crippen molar-refractivity contribution in [3.63, 3.8) is 0 Å². The molecule has 5 aromatic rings. The van der Waals surface area contributed by atoms with Crippen LogP contribution in [-0.4, -0.2) is 36.6 Å². The van der Waals surface area contributed by atoms with Gasteiger partial charge in [0.15, 0.2) is 5.82 Å². The number of tetrazole rings is 1. The third kappa shape index (κ3) is 5.55. The summed E-state index contributed by atoms with van der Waals surface area (Å²) in [6.45, 7) is 4.07. The molecule has 0 spiro atoms. The second-order valence-corrected chi connectivity index (χ2v) is 8.99. The van der Waals surface area contributed by atoms with E-state index in [2.05, 4.69) is 37.5 Å². The van der Waals surface area contributed by atoms with Crippen molar-refractivity contribution < 1.29 is 4.39 Å². The second-order valence-electron chi connectivity index (χ2n) is 8.99. The van der Waals surface area contributed by atoms with Gasteiger partial charge in [-0.3, -0.25) is 9.69 Å². The van der Waals surface area contributed by atoms with E-state index in [-0.39, 0.29) is 11.4 Å². The van der Waals surface area contributed by atoms with Crippen molar-refractivity contribution in [2.45, 2.75) is 33.0 Å². The standard InChI is InChI=1S/C28H27FN6O/c1-20-6-5-9-23-16-24(28(36)30-27(20)23)18-34(15-14-21-7-3-2-4-8-21)19-26-31-32-33-35(26)17-22-10-12-25(29)13-11-22/h2-13,16H,14-15,17-19H2,1H3,(H,30,36). The van der Waals surface area contributed by atoms with E-state index >= 15 is 0 Å². The van der Waals surface area contributed by atoms with Gasteiger partial charge in [-0.2, -0.15) is 0 Å². The van der Waals surface area contributed by atoms with Crippen LogP contribution in [0.15, 0.2) is 83.7 Å². The lowest BCUT2D eigenvalue weighted by Gasteiger charge is -2.22. The molecule has 3 aromatic carbocycles. The smallest absolute Gasteiger partial charge is 0.252 e. The Morgan fingerprint density at radius 2 is 1.75 bits per heavy atom. The van der Waals surface area contributed by atoms with Gasteiger partial charge in [-0.1, -0.05) is 60.7 Å². The van der Waals surface area contributed by atoms with E-state index in [0.29, 0.717) is 31.0 Å². The summed E-state index contributed by atoms with van der Waals surface area (Å²) in [5.74, 6) is 0.402. The van der Waals surface area contributed by atoms with Crippen LogP contribution >= 0.6 is 0 Å². The van der Waals surface area contributed by atoms with Crippen molar-refractivity contribution in [2.24, 2.45) is 0 Å². The highest BCUT2D eigenvalue weighted by atomic mass is 19.1. The first kappa shape index (κ1) is 23.6. The molecule has 7 nitrogen and oxygen atoms in total. The topological polar surface area (TPSA) is 79.7 Å². The quantitative estimate of drug-likeness (QED) is 0.340. The monoisotopic (exact) mass is 482 g/mol. The Morgan fingerprint density at radius 3 is 2.56 bits per heavy atom. The van der Waals surface area contributed by atoms with Crippen molar-refractivity contribution in [1.82, 2.24) is 30.1 Å². The zero-order valence-corrected chi connectivity index (χ0v) is 20.1. The van der Waals surface area contributed by atoms with Gasteiger partial charge in [-0.15, -0.1) is 5.10 Å². The van der Waals surface area contributed by atoms with Crippen molar-refractivity contribution in [2.75, 3.05) is 6.54 Å². The number of nitrogens with zero attached hydrogens (tertiary/aromatic N) is 5. The maximum atomic E-state index is 13.3. The Hall–Kier alpha value is -4.17. The normalized spacial score (nSPS) is 11.4. The fourth-order valence-electron chi connectivity index (χ4n) is 4.35. The number of pyridine rings is 1. The Labute approximate surface area is 208 Å². The molecule has 5 rings (SSSR count). The van der Waals surface area contributed by atoms with E-state index in [1.165, 1.54) is 17.7 Å². The van der Waals surface area contributed by atoms with Gasteiger partial charge in [0, 0.05) is 18.7 Å². The molecule has 8 heteroatoms. The number of aryl methyl sites for hydroxylation is 1. The summed E-state index contributed by atoms with van der Waals surface area (Å²) in [4.78, 5) is 18.2. The highest BCUT2D eigenvalue weighted by Crippen LogP contribution is 2.17. The molecule has 0 atom stereocenters. The highest BCUT2D eigenvalue weighted by molar-refractivity contribution is 5.81. The molecular weight excluding hydrogens is 455 g/mol. The fraction of sp³-hybridized carbons (Fsp3) is 0.214. The minimum absolute atomic E-state index is 0.0904. The molecule has 0 aliphatic heterocycles. The first-order chi connectivity index (χ1) is 17.5. The Morgan fingerprint density at radius 1 is 0.944 bits per heavy atom. The molecule has 0 aliphatic rings. The van der Waals surface area contributed by atoms with Crippen molar-refractivity contribution in [3.8, 4) is 0 Å². The van der Waals surface area contributed by atoms with E-state index < -0.39 is 0 Å². The molecule has 0 fully saturated rings. The van der Waals surface area contributed by atoms with Crippen LogP contribution in [0.5, 0.6) is 0 Å². The van der Waals surface area contributed by atoms with Gasteiger partial charge in [-0.05, 0) is 64.0 Å². The molecule has 182 valence electrons. The van der Waals surface area contributed by atoms with E-state index in [9.17, 15) is 9.18 Å². The number of aromatic nitrogens is 5. The van der Waals surface area contributed by atoms with Crippen LogP contribution in [0.25, 0.3) is 10.9 Å². The predicted octanol–water partition coefficient (Wildman–Crippen LogP) is 4.26. The molecule has 0 bridgehead atoms. The minimum Gasteiger partial charge on any atom is -0.321 e. The number of para-hydroxylation sites is 1. The fourth-order valence-corrected chi connectivity index (χ4v) is 4.35. The van der Waals surface area contributed by atoms with Crippen LogP contribution in [0.2, 0.25) is 0 Å². The molecule has 1 N–H and O–H groups in total. The molecule has 2 heterocycles. The summed E-state index contributed by atoms with van der Waals surface area (Å²) in [5, 5.41) is 13.3. The molecule has 0 aliphatic carbocycles. The van der Waals surface area contributed by atoms with Crippen molar-refractivity contribution >= 4 is 10.9 Å². The van der Waals surface area contributed by atoms with E-state index in [0.717, 1.165) is 35.0 Å². The number of H-pyrrole nitrogens is 1. The number of benzene rings is 3. The Bertz CT molecular complexity index is 1510. The molecule has 36 heavy (non-hydrogen) atoms. The first-order valence-electron chi connectivity index (χ1n) is 11.9. The van der Waals surface area contributed by atoms with Crippen LogP contribution < -0.4 is 5.56 Å². The van der Waals surface area contributed by atoms with E-state index in [1.54, 1.807) is 16.8 Å². The average molecular weight is 483 g/mol. The molecule has 0 amide bonds. The van der Waals surface area contributed by atoms with Gasteiger partial charge in [0.2, 0.25) is 0 Å². The Balaban J connectivity index is 1.40. The molecule has 0 saturated heterocycles. The maximum absolute atomic E-state index is 13.3. The first-order valence-corrected chi connectivity index (χ1v) is 11.9. The lowest BCUT2D eigenvalue weighted by Crippen LogP contribution is -2.30. The van der Waals surface area contributed by atoms with Crippen LogP contribution in [0.4, 0.5) is 4.39 Å². The number of fused-ring (bicyclic) bond motifs is 1. The number of rotatable bonds is 9. The third-order valence-corrected chi connectivity index (χ3v) is 6.34. The minimum atomic E-state index is -0.279. The van der Waals surface area contributed by atoms with Gasteiger partial charge in [0.25, 0.3) is 5.56 Å². The zero-order valence-electron chi connectivity index (χ0n) is 20.1. The summed E-state index contributed by atoms with van der Waals surface area (Å²) in [6, 6.07) is 24.5. The lowest BCUT2D eigenvalue weighted by atomic mass is 10.1. The van der Waals surface area contributed by atoms with Gasteiger partial charge in [-0.25, -0.2) is 9.07 Å². The van der Waals surface area contributed by atoms with Crippen molar-refractivity contribution in [1.29, 1.82) is 0 Å². The second kappa shape index (κ2) is 10.6. The van der Waals surface area contributed by atoms with Crippen LogP contribution in [0.1, 0.15) is 28.1 Å². The largest absolute Gasteiger partial charge is 0.321 e. The molecule has 2 aromatic heterocycles. The van der Waals surface area contributed by atoms with Crippen LogP contribution in [0.3, 0.4) is 0 Å². The predicted molar refractivity (Wildman–Crippen MR) is 137 cm³/mol. The van der Waals surface area contributed by atoms with Crippen LogP contribution in [0, 0.1) is 12.7 Å². The van der Waals surface area contributed by atoms with Gasteiger partial charge in [0.05, 0.1) is 18.6 Å². The van der Waals surface area contributed by atoms with E-state index in [1.807, 2.05) is 49.4 Å². The Kier molecular flexibility index (Phi) is 6.95. The number of nitrogens with one attached hydrogen (secondary N) is 1. The number of aromatic amines is 1. The molecule has 0 saturated carbocycles. The average Bonchev–Trinajstić information content (AvgIpc) is 3.32. The van der Waals surface area contributed by atoms with E-state index in [4.69, 9.17) is 0 Å². The number of halogens is 1. The van der Waals surface area contributed by atoms with Gasteiger partial charge in [0.1, 0.15) is 5.82 Å². The number of hydrogen-bond donors (Lipinski definition) is 1. The third-order valence-electron chi connectivity index (χ3n) is 6.34. The SMILES string of the molecule is Cc1cccc2cc(CN(CCc3ccccc3)Cc3nnnn3Cc3ccc(F)cc3)c(=O)[nH]c12. The molecule has 0 radical (unpaired) electrons. The maximum Gasteiger partial charge on any atom is 0.252 e. The van der Waals surface area contributed by atoms with Gasteiger partial charge >= 0.3 is 0 Å². The number of hydrogen-bond acceptors (Lipinski definition) is 5. The van der Waals surface area contributed by atoms with Gasteiger partial charge < -0.3 is 4.98 Å². The highest BCUT2D eigenvalue weighted by Gasteiger charge is 2.16. The zero-order chi connectivity index (χ0) is 24.9. The van der Waals surface area contributed by atoms with Crippen LogP contribution in [-0.2, 0) is 26.1 Å². The summed E-state index contributed by atoms with van der Waals surface area (Å²) in [5.41, 5.74) is 4.63. The summed E-state index contributed by atoms with van der Waals surface area (Å²) < 4.78 is 15.0. The molecule has 0 unspecified atom stereocenters. The summed E-state index contributed by atoms with van der Waals surface area (Å²) in [6.07, 6.45) is 0.824. The lowest BCUT2D eigenvalue weighted by molar-refractivity contribution is 0.248. The van der Waals surface area contributed by atoms with Crippen molar-refractivity contribution in [3.05, 3.63) is 123 Å². The summed E-state index contributed by atoms with van der Waals surface area (Å²) >= 11 is 0.